The van der Waals surface area contributed by atoms with Gasteiger partial charge in [-0.2, -0.15) is 0 Å². The van der Waals surface area contributed by atoms with Crippen LogP contribution >= 0.6 is 0 Å². The zero-order chi connectivity index (χ0) is 15.7. The summed E-state index contributed by atoms with van der Waals surface area (Å²) in [6.45, 7) is 8.07. The van der Waals surface area contributed by atoms with Crippen LogP contribution in [-0.4, -0.2) is 37.9 Å². The van der Waals surface area contributed by atoms with Crippen LogP contribution in [-0.2, 0) is 18.8 Å². The number of ether oxygens (including phenoxy) is 1. The molecule has 1 heterocycles. The van der Waals surface area contributed by atoms with Gasteiger partial charge in [-0.05, 0) is 45.3 Å². The molecular formula is C15H22BNO4. The molecule has 0 unspecified atom stereocenters. The normalized spacial score (nSPS) is 19.6. The molecule has 1 aliphatic heterocycles. The van der Waals surface area contributed by atoms with Crippen LogP contribution in [0.5, 0.6) is 0 Å². The average Bonchev–Trinajstić information content (AvgIpc) is 2.59. The van der Waals surface area contributed by atoms with Crippen molar-refractivity contribution in [1.82, 2.24) is 0 Å². The molecule has 1 aromatic rings. The summed E-state index contributed by atoms with van der Waals surface area (Å²) in [7, 11) is 1.05. The largest absolute Gasteiger partial charge is 0.494 e. The number of methoxy groups -OCH3 is 1. The zero-order valence-electron chi connectivity index (χ0n) is 13.2. The van der Waals surface area contributed by atoms with E-state index in [2.05, 4.69) is 5.32 Å². The highest BCUT2D eigenvalue weighted by atomic mass is 16.7. The number of carbonyl (C=O) groups excluding carboxylic acids is 1. The molecule has 0 radical (unpaired) electrons. The molecule has 0 spiro atoms. The second-order valence-corrected chi connectivity index (χ2v) is 6.19. The van der Waals surface area contributed by atoms with Gasteiger partial charge in [0.1, 0.15) is 6.61 Å². The summed E-state index contributed by atoms with van der Waals surface area (Å²) in [5, 5.41) is 2.77. The molecule has 2 rings (SSSR count). The molecule has 21 heavy (non-hydrogen) atoms. The van der Waals surface area contributed by atoms with Gasteiger partial charge in [0.2, 0.25) is 5.91 Å². The summed E-state index contributed by atoms with van der Waals surface area (Å²) in [5.74, 6) is -0.191. The summed E-state index contributed by atoms with van der Waals surface area (Å²) in [6.07, 6.45) is 0. The van der Waals surface area contributed by atoms with Crippen molar-refractivity contribution in [3.8, 4) is 0 Å². The third-order valence-corrected chi connectivity index (χ3v) is 3.97. The third kappa shape index (κ3) is 3.45. The van der Waals surface area contributed by atoms with Gasteiger partial charge in [0.15, 0.2) is 0 Å². The summed E-state index contributed by atoms with van der Waals surface area (Å²) in [5.41, 5.74) is 0.813. The Hall–Kier alpha value is -1.37. The highest BCUT2D eigenvalue weighted by molar-refractivity contribution is 6.62. The lowest BCUT2D eigenvalue weighted by molar-refractivity contribution is -0.119. The molecule has 6 heteroatoms. The molecule has 1 N–H and O–H groups in total. The molecule has 114 valence electrons. The Balaban J connectivity index is 2.14. The van der Waals surface area contributed by atoms with Gasteiger partial charge in [0.25, 0.3) is 0 Å². The first-order valence-electron chi connectivity index (χ1n) is 6.99. The van der Waals surface area contributed by atoms with E-state index in [1.165, 1.54) is 7.11 Å². The number of anilines is 1. The van der Waals surface area contributed by atoms with Gasteiger partial charge in [0, 0.05) is 12.8 Å². The summed E-state index contributed by atoms with van der Waals surface area (Å²) >= 11 is 0. The van der Waals surface area contributed by atoms with E-state index in [1.807, 2.05) is 52.0 Å². The summed E-state index contributed by atoms with van der Waals surface area (Å²) < 4.78 is 16.8. The van der Waals surface area contributed by atoms with Gasteiger partial charge >= 0.3 is 7.12 Å². The Morgan fingerprint density at radius 2 is 1.86 bits per heavy atom. The maximum atomic E-state index is 11.6. The molecular weight excluding hydrogens is 269 g/mol. The van der Waals surface area contributed by atoms with Crippen LogP contribution in [0.1, 0.15) is 27.7 Å². The third-order valence-electron chi connectivity index (χ3n) is 3.97. The van der Waals surface area contributed by atoms with E-state index in [-0.39, 0.29) is 23.7 Å². The highest BCUT2D eigenvalue weighted by Crippen LogP contribution is 2.36. The average molecular weight is 291 g/mol. The molecule has 1 aliphatic rings. The van der Waals surface area contributed by atoms with Crippen molar-refractivity contribution in [2.75, 3.05) is 19.0 Å². The predicted octanol–water partition coefficient (Wildman–Crippen LogP) is 1.57. The number of hydrogen-bond donors (Lipinski definition) is 1. The van der Waals surface area contributed by atoms with Crippen molar-refractivity contribution in [3.63, 3.8) is 0 Å². The van der Waals surface area contributed by atoms with Crippen LogP contribution in [0.4, 0.5) is 5.69 Å². The fourth-order valence-electron chi connectivity index (χ4n) is 2.07. The monoisotopic (exact) mass is 291 g/mol. The number of amides is 1. The van der Waals surface area contributed by atoms with Gasteiger partial charge in [-0.25, -0.2) is 0 Å². The molecule has 1 fully saturated rings. The first kappa shape index (κ1) is 16.0. The number of carbonyl (C=O) groups is 1. The van der Waals surface area contributed by atoms with Crippen molar-refractivity contribution in [1.29, 1.82) is 0 Å². The Kier molecular flexibility index (Phi) is 4.42. The zero-order valence-corrected chi connectivity index (χ0v) is 13.2. The number of benzene rings is 1. The first-order valence-corrected chi connectivity index (χ1v) is 6.99. The second kappa shape index (κ2) is 5.79. The van der Waals surface area contributed by atoms with Crippen LogP contribution in [0.15, 0.2) is 24.3 Å². The lowest BCUT2D eigenvalue weighted by Crippen LogP contribution is -2.41. The van der Waals surface area contributed by atoms with Gasteiger partial charge < -0.3 is 19.4 Å². The minimum Gasteiger partial charge on any atom is -0.399 e. The Morgan fingerprint density at radius 3 is 2.43 bits per heavy atom. The smallest absolute Gasteiger partial charge is 0.399 e. The molecule has 0 aromatic heterocycles. The fraction of sp³-hybridized carbons (Fsp3) is 0.533. The van der Waals surface area contributed by atoms with Crippen LogP contribution in [0.2, 0.25) is 0 Å². The van der Waals surface area contributed by atoms with Crippen LogP contribution in [0, 0.1) is 0 Å². The fourth-order valence-corrected chi connectivity index (χ4v) is 2.07. The number of hydrogen-bond acceptors (Lipinski definition) is 4. The topological polar surface area (TPSA) is 56.8 Å². The van der Waals surface area contributed by atoms with E-state index < -0.39 is 7.12 Å². The van der Waals surface area contributed by atoms with Crippen LogP contribution < -0.4 is 10.8 Å². The molecule has 1 aromatic carbocycles. The maximum absolute atomic E-state index is 11.6. The minimum atomic E-state index is -0.436. The standard InChI is InChI=1S/C15H22BNO4/c1-14(2)15(3,4)21-16(20-14)11-7-6-8-12(9-11)17-13(18)10-19-5/h6-9H,10H2,1-5H3,(H,17,18). The van der Waals surface area contributed by atoms with Crippen LogP contribution in [0.3, 0.4) is 0 Å². The lowest BCUT2D eigenvalue weighted by atomic mass is 9.79. The van der Waals surface area contributed by atoms with E-state index in [0.717, 1.165) is 5.46 Å². The summed E-state index contributed by atoms with van der Waals surface area (Å²) in [6, 6.07) is 7.47. The Bertz CT molecular complexity index is 514. The van der Waals surface area contributed by atoms with Gasteiger partial charge in [-0.3, -0.25) is 4.79 Å². The Labute approximate surface area is 126 Å². The lowest BCUT2D eigenvalue weighted by Gasteiger charge is -2.32. The predicted molar refractivity (Wildman–Crippen MR) is 82.7 cm³/mol. The summed E-state index contributed by atoms with van der Waals surface area (Å²) in [4.78, 5) is 11.6. The van der Waals surface area contributed by atoms with Gasteiger partial charge in [-0.1, -0.05) is 12.1 Å². The maximum Gasteiger partial charge on any atom is 0.494 e. The van der Waals surface area contributed by atoms with Crippen molar-refractivity contribution in [2.45, 2.75) is 38.9 Å². The SMILES string of the molecule is COCC(=O)Nc1cccc(B2OC(C)(C)C(C)(C)O2)c1. The van der Waals surface area contributed by atoms with Gasteiger partial charge in [0.05, 0.1) is 11.2 Å². The molecule has 0 atom stereocenters. The van der Waals surface area contributed by atoms with Crippen molar-refractivity contribution < 1.29 is 18.8 Å². The first-order chi connectivity index (χ1) is 9.75. The Morgan fingerprint density at radius 1 is 1.24 bits per heavy atom. The highest BCUT2D eigenvalue weighted by Gasteiger charge is 2.51. The molecule has 5 nitrogen and oxygen atoms in total. The minimum absolute atomic E-state index is 0.0285. The van der Waals surface area contributed by atoms with E-state index in [1.54, 1.807) is 0 Å². The quantitative estimate of drug-likeness (QED) is 0.856. The number of rotatable bonds is 4. The molecule has 0 aliphatic carbocycles. The van der Waals surface area contributed by atoms with E-state index in [0.29, 0.717) is 5.69 Å². The van der Waals surface area contributed by atoms with E-state index in [9.17, 15) is 4.79 Å². The molecule has 0 bridgehead atoms. The molecule has 0 saturated carbocycles. The number of nitrogens with one attached hydrogen (secondary N) is 1. The molecule has 1 saturated heterocycles. The van der Waals surface area contributed by atoms with Crippen molar-refractivity contribution in [3.05, 3.63) is 24.3 Å². The van der Waals surface area contributed by atoms with Crippen LogP contribution in [0.25, 0.3) is 0 Å². The van der Waals surface area contributed by atoms with Gasteiger partial charge in [-0.15, -0.1) is 0 Å². The van der Waals surface area contributed by atoms with Crippen molar-refractivity contribution in [2.24, 2.45) is 0 Å². The van der Waals surface area contributed by atoms with E-state index >= 15 is 0 Å². The second-order valence-electron chi connectivity index (χ2n) is 6.19. The van der Waals surface area contributed by atoms with E-state index in [4.69, 9.17) is 14.0 Å². The van der Waals surface area contributed by atoms with Crippen molar-refractivity contribution >= 4 is 24.2 Å². The molecule has 1 amide bonds.